The van der Waals surface area contributed by atoms with E-state index in [9.17, 15) is 14.0 Å². The number of aryl methyl sites for hydroxylation is 1. The van der Waals surface area contributed by atoms with E-state index in [1.54, 1.807) is 26.0 Å². The van der Waals surface area contributed by atoms with E-state index in [1.807, 2.05) is 0 Å². The topological polar surface area (TPSA) is 67.4 Å². The van der Waals surface area contributed by atoms with Gasteiger partial charge in [0.05, 0.1) is 13.5 Å². The molecular weight excluding hydrogens is 251 g/mol. The molecule has 6 heteroatoms. The maximum absolute atomic E-state index is 13.3. The van der Waals surface area contributed by atoms with Gasteiger partial charge in [-0.25, -0.2) is 9.18 Å². The molecule has 0 aliphatic rings. The van der Waals surface area contributed by atoms with E-state index >= 15 is 0 Å². The molecular formula is C13H17FN2O3. The summed E-state index contributed by atoms with van der Waals surface area (Å²) in [6, 6.07) is 3.54. The Bertz CT molecular complexity index is 477. The van der Waals surface area contributed by atoms with Crippen molar-refractivity contribution in [1.82, 2.24) is 5.32 Å². The lowest BCUT2D eigenvalue weighted by molar-refractivity contribution is -0.141. The van der Waals surface area contributed by atoms with Gasteiger partial charge in [-0.1, -0.05) is 6.07 Å². The second kappa shape index (κ2) is 6.72. The average Bonchev–Trinajstić information content (AvgIpc) is 2.33. The summed E-state index contributed by atoms with van der Waals surface area (Å²) in [5.41, 5.74) is 0.857. The minimum atomic E-state index is -0.500. The highest BCUT2D eigenvalue weighted by Gasteiger charge is 2.12. The molecule has 1 atom stereocenters. The number of benzene rings is 1. The molecule has 0 bridgehead atoms. The number of halogens is 1. The van der Waals surface area contributed by atoms with Crippen molar-refractivity contribution in [2.45, 2.75) is 26.3 Å². The highest BCUT2D eigenvalue weighted by atomic mass is 19.1. The van der Waals surface area contributed by atoms with Gasteiger partial charge in [-0.05, 0) is 31.5 Å². The predicted octanol–water partition coefficient (Wildman–Crippen LogP) is 2.21. The van der Waals surface area contributed by atoms with Gasteiger partial charge in [0.2, 0.25) is 0 Å². The van der Waals surface area contributed by atoms with Gasteiger partial charge in [-0.15, -0.1) is 0 Å². The fourth-order valence-electron chi connectivity index (χ4n) is 1.45. The second-order valence-corrected chi connectivity index (χ2v) is 4.24. The smallest absolute Gasteiger partial charge is 0.319 e. The van der Waals surface area contributed by atoms with Gasteiger partial charge < -0.3 is 15.4 Å². The summed E-state index contributed by atoms with van der Waals surface area (Å²) in [6.45, 7) is 3.31. The van der Waals surface area contributed by atoms with Gasteiger partial charge in [0.15, 0.2) is 0 Å². The summed E-state index contributed by atoms with van der Waals surface area (Å²) in [5, 5.41) is 5.04. The van der Waals surface area contributed by atoms with E-state index in [4.69, 9.17) is 0 Å². The van der Waals surface area contributed by atoms with Crippen LogP contribution in [0.1, 0.15) is 18.9 Å². The molecule has 0 aliphatic heterocycles. The van der Waals surface area contributed by atoms with E-state index < -0.39 is 12.0 Å². The Kier molecular flexibility index (Phi) is 5.29. The SMILES string of the molecule is COC(=O)C[C@@H](C)NC(=O)Nc1ccc(C)c(F)c1. The van der Waals surface area contributed by atoms with Gasteiger partial charge in [0.25, 0.3) is 0 Å². The molecule has 0 heterocycles. The van der Waals surface area contributed by atoms with Crippen molar-refractivity contribution in [2.75, 3.05) is 12.4 Å². The van der Waals surface area contributed by atoms with Crippen LogP contribution < -0.4 is 10.6 Å². The molecule has 0 radical (unpaired) electrons. The summed E-state index contributed by atoms with van der Waals surface area (Å²) in [5.74, 6) is -0.797. The third kappa shape index (κ3) is 4.95. The molecule has 0 fully saturated rings. The van der Waals surface area contributed by atoms with Crippen LogP contribution in [0.15, 0.2) is 18.2 Å². The second-order valence-electron chi connectivity index (χ2n) is 4.24. The van der Waals surface area contributed by atoms with Crippen LogP contribution in [0.4, 0.5) is 14.9 Å². The van der Waals surface area contributed by atoms with Crippen LogP contribution in [-0.2, 0) is 9.53 Å². The van der Waals surface area contributed by atoms with Crippen LogP contribution in [0.3, 0.4) is 0 Å². The van der Waals surface area contributed by atoms with E-state index in [0.29, 0.717) is 11.3 Å². The Morgan fingerprint density at radius 1 is 1.42 bits per heavy atom. The van der Waals surface area contributed by atoms with Crippen LogP contribution in [0, 0.1) is 12.7 Å². The number of hydrogen-bond acceptors (Lipinski definition) is 3. The molecule has 5 nitrogen and oxygen atoms in total. The molecule has 1 aromatic carbocycles. The number of ether oxygens (including phenoxy) is 1. The highest BCUT2D eigenvalue weighted by Crippen LogP contribution is 2.13. The lowest BCUT2D eigenvalue weighted by Gasteiger charge is -2.13. The molecule has 0 saturated carbocycles. The number of nitrogens with one attached hydrogen (secondary N) is 2. The number of urea groups is 1. The van der Waals surface area contributed by atoms with E-state index in [1.165, 1.54) is 13.2 Å². The number of esters is 1. The molecule has 0 spiro atoms. The van der Waals surface area contributed by atoms with Crippen molar-refractivity contribution >= 4 is 17.7 Å². The molecule has 1 aromatic rings. The first kappa shape index (κ1) is 14.9. The Morgan fingerprint density at radius 2 is 2.11 bits per heavy atom. The lowest BCUT2D eigenvalue weighted by Crippen LogP contribution is -2.37. The number of rotatable bonds is 4. The zero-order chi connectivity index (χ0) is 14.4. The zero-order valence-corrected chi connectivity index (χ0v) is 11.1. The van der Waals surface area contributed by atoms with Crippen LogP contribution in [-0.4, -0.2) is 25.2 Å². The number of amides is 2. The first-order chi connectivity index (χ1) is 8.92. The summed E-state index contributed by atoms with van der Waals surface area (Å²) in [7, 11) is 1.28. The third-order valence-corrected chi connectivity index (χ3v) is 2.51. The number of carbonyl (C=O) groups excluding carboxylic acids is 2. The fraction of sp³-hybridized carbons (Fsp3) is 0.385. The van der Waals surface area contributed by atoms with E-state index in [-0.39, 0.29) is 18.3 Å². The monoisotopic (exact) mass is 268 g/mol. The van der Waals surface area contributed by atoms with Crippen molar-refractivity contribution < 1.29 is 18.7 Å². The van der Waals surface area contributed by atoms with Crippen LogP contribution in [0.2, 0.25) is 0 Å². The summed E-state index contributed by atoms with van der Waals surface area (Å²) in [6.07, 6.45) is 0.0756. The Hall–Kier alpha value is -2.11. The van der Waals surface area contributed by atoms with Crippen LogP contribution in [0.25, 0.3) is 0 Å². The Labute approximate surface area is 111 Å². The predicted molar refractivity (Wildman–Crippen MR) is 69.4 cm³/mol. The minimum Gasteiger partial charge on any atom is -0.469 e. The molecule has 1 rings (SSSR count). The quantitative estimate of drug-likeness (QED) is 0.823. The Morgan fingerprint density at radius 3 is 2.68 bits per heavy atom. The van der Waals surface area contributed by atoms with Gasteiger partial charge in [0.1, 0.15) is 5.82 Å². The molecule has 2 amide bonds. The van der Waals surface area contributed by atoms with Gasteiger partial charge >= 0.3 is 12.0 Å². The van der Waals surface area contributed by atoms with Crippen LogP contribution >= 0.6 is 0 Å². The first-order valence-corrected chi connectivity index (χ1v) is 5.83. The number of methoxy groups -OCH3 is 1. The largest absolute Gasteiger partial charge is 0.469 e. The summed E-state index contributed by atoms with van der Waals surface area (Å²) in [4.78, 5) is 22.6. The molecule has 104 valence electrons. The highest BCUT2D eigenvalue weighted by molar-refractivity contribution is 5.89. The van der Waals surface area contributed by atoms with Gasteiger partial charge in [-0.3, -0.25) is 4.79 Å². The molecule has 0 saturated heterocycles. The normalized spacial score (nSPS) is 11.6. The molecule has 2 N–H and O–H groups in total. The molecule has 19 heavy (non-hydrogen) atoms. The number of carbonyl (C=O) groups is 2. The Balaban J connectivity index is 2.50. The maximum Gasteiger partial charge on any atom is 0.319 e. The van der Waals surface area contributed by atoms with Crippen molar-refractivity contribution in [3.8, 4) is 0 Å². The molecule has 0 unspecified atom stereocenters. The zero-order valence-electron chi connectivity index (χ0n) is 11.1. The molecule has 0 aromatic heterocycles. The standard InChI is InChI=1S/C13H17FN2O3/c1-8-4-5-10(7-11(8)14)16-13(18)15-9(2)6-12(17)19-3/h4-5,7,9H,6H2,1-3H3,(H2,15,16,18)/t9-/m1/s1. The fourth-order valence-corrected chi connectivity index (χ4v) is 1.45. The van der Waals surface area contributed by atoms with Gasteiger partial charge in [-0.2, -0.15) is 0 Å². The van der Waals surface area contributed by atoms with E-state index in [0.717, 1.165) is 0 Å². The minimum absolute atomic E-state index is 0.0756. The van der Waals surface area contributed by atoms with Crippen molar-refractivity contribution in [2.24, 2.45) is 0 Å². The third-order valence-electron chi connectivity index (χ3n) is 2.51. The first-order valence-electron chi connectivity index (χ1n) is 5.83. The van der Waals surface area contributed by atoms with Gasteiger partial charge in [0, 0.05) is 11.7 Å². The number of anilines is 1. The summed E-state index contributed by atoms with van der Waals surface area (Å²) < 4.78 is 17.8. The van der Waals surface area contributed by atoms with Crippen molar-refractivity contribution in [3.63, 3.8) is 0 Å². The van der Waals surface area contributed by atoms with E-state index in [2.05, 4.69) is 15.4 Å². The van der Waals surface area contributed by atoms with Crippen molar-refractivity contribution in [3.05, 3.63) is 29.6 Å². The number of hydrogen-bond donors (Lipinski definition) is 2. The molecule has 0 aliphatic carbocycles. The lowest BCUT2D eigenvalue weighted by atomic mass is 10.2. The summed E-state index contributed by atoms with van der Waals surface area (Å²) >= 11 is 0. The van der Waals surface area contributed by atoms with Crippen molar-refractivity contribution in [1.29, 1.82) is 0 Å². The average molecular weight is 268 g/mol. The maximum atomic E-state index is 13.3. The van der Waals surface area contributed by atoms with Crippen LogP contribution in [0.5, 0.6) is 0 Å².